The first-order chi connectivity index (χ1) is 7.70. The van der Waals surface area contributed by atoms with Crippen molar-refractivity contribution in [1.29, 1.82) is 0 Å². The summed E-state index contributed by atoms with van der Waals surface area (Å²) in [6.07, 6.45) is 4.80. The summed E-state index contributed by atoms with van der Waals surface area (Å²) in [6, 6.07) is 8.76. The Balaban J connectivity index is 2.14. The fourth-order valence-corrected chi connectivity index (χ4v) is 1.89. The molecule has 86 valence electrons. The van der Waals surface area contributed by atoms with Crippen LogP contribution in [0.25, 0.3) is 6.08 Å². The van der Waals surface area contributed by atoms with E-state index in [4.69, 9.17) is 0 Å². The number of aliphatic hydroxyl groups excluding tert-OH is 1. The zero-order valence-corrected chi connectivity index (χ0v) is 10.1. The van der Waals surface area contributed by atoms with Gasteiger partial charge in [-0.05, 0) is 41.4 Å². The quantitative estimate of drug-likeness (QED) is 0.815. The normalized spacial score (nSPS) is 16.9. The molecule has 16 heavy (non-hydrogen) atoms. The van der Waals surface area contributed by atoms with E-state index in [1.54, 1.807) is 0 Å². The fraction of sp³-hybridized carbons (Fsp3) is 0.467. The Morgan fingerprint density at radius 3 is 2.38 bits per heavy atom. The van der Waals surface area contributed by atoms with Crippen molar-refractivity contribution in [2.45, 2.75) is 32.6 Å². The Morgan fingerprint density at radius 2 is 1.94 bits per heavy atom. The van der Waals surface area contributed by atoms with Gasteiger partial charge in [-0.3, -0.25) is 0 Å². The van der Waals surface area contributed by atoms with E-state index in [9.17, 15) is 5.11 Å². The molecule has 0 aromatic heterocycles. The SMILES string of the molecule is CC(C)C(=Cc1ccc(C2CC2)cc1)CO. The summed E-state index contributed by atoms with van der Waals surface area (Å²) >= 11 is 0. The van der Waals surface area contributed by atoms with E-state index in [2.05, 4.69) is 44.2 Å². The van der Waals surface area contributed by atoms with Crippen LogP contribution in [0.3, 0.4) is 0 Å². The molecule has 1 saturated carbocycles. The smallest absolute Gasteiger partial charge is 0.0647 e. The Bertz CT molecular complexity index is 369. The van der Waals surface area contributed by atoms with Gasteiger partial charge in [-0.25, -0.2) is 0 Å². The second-order valence-electron chi connectivity index (χ2n) is 4.97. The largest absolute Gasteiger partial charge is 0.392 e. The molecular formula is C15H20O. The highest BCUT2D eigenvalue weighted by Crippen LogP contribution is 2.39. The lowest BCUT2D eigenvalue weighted by Gasteiger charge is -2.08. The van der Waals surface area contributed by atoms with Gasteiger partial charge in [-0.15, -0.1) is 0 Å². The maximum absolute atomic E-state index is 9.24. The summed E-state index contributed by atoms with van der Waals surface area (Å²) in [6.45, 7) is 4.38. The maximum Gasteiger partial charge on any atom is 0.0647 e. The Hall–Kier alpha value is -1.08. The van der Waals surface area contributed by atoms with Crippen molar-refractivity contribution in [2.24, 2.45) is 5.92 Å². The molecule has 0 aliphatic heterocycles. The third kappa shape index (κ3) is 2.73. The molecule has 0 radical (unpaired) electrons. The standard InChI is InChI=1S/C15H20O/c1-11(2)15(10-16)9-12-3-5-13(6-4-12)14-7-8-14/h3-6,9,11,14,16H,7-8,10H2,1-2H3. The Morgan fingerprint density at radius 1 is 1.31 bits per heavy atom. The number of hydrogen-bond acceptors (Lipinski definition) is 1. The highest BCUT2D eigenvalue weighted by molar-refractivity contribution is 5.54. The number of benzene rings is 1. The van der Waals surface area contributed by atoms with Crippen LogP contribution in [0.5, 0.6) is 0 Å². The monoisotopic (exact) mass is 216 g/mol. The minimum atomic E-state index is 0.155. The summed E-state index contributed by atoms with van der Waals surface area (Å²) in [5.41, 5.74) is 3.76. The average Bonchev–Trinajstić information content (AvgIpc) is 3.10. The van der Waals surface area contributed by atoms with Gasteiger partial charge in [-0.2, -0.15) is 0 Å². The molecule has 0 atom stereocenters. The van der Waals surface area contributed by atoms with E-state index in [0.29, 0.717) is 5.92 Å². The minimum absolute atomic E-state index is 0.155. The molecule has 0 bridgehead atoms. The van der Waals surface area contributed by atoms with Gasteiger partial charge in [0.1, 0.15) is 0 Å². The number of rotatable bonds is 4. The molecule has 1 aliphatic rings. The lowest BCUT2D eigenvalue weighted by Crippen LogP contribution is -1.98. The van der Waals surface area contributed by atoms with Crippen LogP contribution in [0.2, 0.25) is 0 Å². The summed E-state index contributed by atoms with van der Waals surface area (Å²) in [5.74, 6) is 1.23. The third-order valence-electron chi connectivity index (χ3n) is 3.26. The fourth-order valence-electron chi connectivity index (χ4n) is 1.89. The van der Waals surface area contributed by atoms with Crippen LogP contribution in [-0.2, 0) is 0 Å². The molecule has 1 aliphatic carbocycles. The lowest BCUT2D eigenvalue weighted by molar-refractivity contribution is 0.320. The minimum Gasteiger partial charge on any atom is -0.392 e. The summed E-state index contributed by atoms with van der Waals surface area (Å²) in [7, 11) is 0. The van der Waals surface area contributed by atoms with Crippen LogP contribution in [0.4, 0.5) is 0 Å². The van der Waals surface area contributed by atoms with Crippen molar-refractivity contribution in [3.8, 4) is 0 Å². The van der Waals surface area contributed by atoms with Gasteiger partial charge in [0.05, 0.1) is 6.61 Å². The molecule has 0 amide bonds. The molecule has 1 aromatic rings. The molecule has 1 fully saturated rings. The van der Waals surface area contributed by atoms with Crippen LogP contribution in [0.15, 0.2) is 29.8 Å². The van der Waals surface area contributed by atoms with Crippen LogP contribution in [-0.4, -0.2) is 11.7 Å². The first-order valence-electron chi connectivity index (χ1n) is 6.12. The van der Waals surface area contributed by atoms with Crippen molar-refractivity contribution in [1.82, 2.24) is 0 Å². The van der Waals surface area contributed by atoms with E-state index in [0.717, 1.165) is 11.5 Å². The van der Waals surface area contributed by atoms with Gasteiger partial charge < -0.3 is 5.11 Å². The van der Waals surface area contributed by atoms with Gasteiger partial charge >= 0.3 is 0 Å². The molecule has 0 saturated heterocycles. The zero-order valence-electron chi connectivity index (χ0n) is 10.1. The van der Waals surface area contributed by atoms with E-state index >= 15 is 0 Å². The molecule has 0 heterocycles. The lowest BCUT2D eigenvalue weighted by atomic mass is 10.00. The van der Waals surface area contributed by atoms with Gasteiger partial charge in [-0.1, -0.05) is 44.2 Å². The third-order valence-corrected chi connectivity index (χ3v) is 3.26. The first-order valence-corrected chi connectivity index (χ1v) is 6.12. The van der Waals surface area contributed by atoms with E-state index in [1.807, 2.05) is 0 Å². The van der Waals surface area contributed by atoms with Gasteiger partial charge in [0.2, 0.25) is 0 Å². The molecular weight excluding hydrogens is 196 g/mol. The van der Waals surface area contributed by atoms with E-state index in [1.165, 1.54) is 24.0 Å². The van der Waals surface area contributed by atoms with Crippen LogP contribution in [0, 0.1) is 5.92 Å². The first kappa shape index (κ1) is 11.4. The zero-order chi connectivity index (χ0) is 11.5. The van der Waals surface area contributed by atoms with Crippen molar-refractivity contribution >= 4 is 6.08 Å². The highest BCUT2D eigenvalue weighted by atomic mass is 16.3. The van der Waals surface area contributed by atoms with Crippen LogP contribution >= 0.6 is 0 Å². The predicted octanol–water partition coefficient (Wildman–Crippen LogP) is 3.60. The molecule has 1 aromatic carbocycles. The Labute approximate surface area is 97.8 Å². The van der Waals surface area contributed by atoms with Crippen molar-refractivity contribution < 1.29 is 5.11 Å². The topological polar surface area (TPSA) is 20.2 Å². The average molecular weight is 216 g/mol. The number of aliphatic hydroxyl groups is 1. The van der Waals surface area contributed by atoms with Gasteiger partial charge in [0, 0.05) is 0 Å². The van der Waals surface area contributed by atoms with Crippen LogP contribution < -0.4 is 0 Å². The molecule has 0 unspecified atom stereocenters. The molecule has 2 rings (SSSR count). The van der Waals surface area contributed by atoms with E-state index in [-0.39, 0.29) is 6.61 Å². The highest BCUT2D eigenvalue weighted by Gasteiger charge is 2.22. The predicted molar refractivity (Wildman–Crippen MR) is 68.3 cm³/mol. The molecule has 0 spiro atoms. The van der Waals surface area contributed by atoms with Gasteiger partial charge in [0.15, 0.2) is 0 Å². The van der Waals surface area contributed by atoms with E-state index < -0.39 is 0 Å². The molecule has 1 nitrogen and oxygen atoms in total. The van der Waals surface area contributed by atoms with Gasteiger partial charge in [0.25, 0.3) is 0 Å². The Kier molecular flexibility index (Phi) is 3.45. The number of hydrogen-bond donors (Lipinski definition) is 1. The second-order valence-corrected chi connectivity index (χ2v) is 4.97. The van der Waals surface area contributed by atoms with Crippen molar-refractivity contribution in [2.75, 3.05) is 6.61 Å². The van der Waals surface area contributed by atoms with Crippen molar-refractivity contribution in [3.63, 3.8) is 0 Å². The molecule has 1 heteroatoms. The molecule has 1 N–H and O–H groups in total. The summed E-state index contributed by atoms with van der Waals surface area (Å²) in [5, 5.41) is 9.24. The maximum atomic E-state index is 9.24. The van der Waals surface area contributed by atoms with Crippen molar-refractivity contribution in [3.05, 3.63) is 41.0 Å². The summed E-state index contributed by atoms with van der Waals surface area (Å²) in [4.78, 5) is 0. The van der Waals surface area contributed by atoms with Crippen LogP contribution in [0.1, 0.15) is 43.7 Å². The summed E-state index contributed by atoms with van der Waals surface area (Å²) < 4.78 is 0. The second kappa shape index (κ2) is 4.84.